The van der Waals surface area contributed by atoms with E-state index in [1.165, 1.54) is 128 Å². The van der Waals surface area contributed by atoms with Crippen molar-refractivity contribution in [2.75, 3.05) is 40.9 Å². The zero-order chi connectivity index (χ0) is 52.2. The van der Waals surface area contributed by atoms with Gasteiger partial charge in [-0.15, -0.1) is 0 Å². The molecular formula is C61H113N2O7P. The van der Waals surface area contributed by atoms with Crippen LogP contribution in [0, 0.1) is 0 Å². The Kier molecular flexibility index (Phi) is 49.6. The molecule has 0 aliphatic carbocycles. The second-order valence-electron chi connectivity index (χ2n) is 21.1. The van der Waals surface area contributed by atoms with Crippen LogP contribution in [-0.2, 0) is 27.9 Å². The maximum atomic E-state index is 13.5. The maximum Gasteiger partial charge on any atom is 0.306 e. The van der Waals surface area contributed by atoms with Crippen molar-refractivity contribution in [3.05, 3.63) is 60.8 Å². The number of quaternary nitrogens is 1. The molecule has 0 fully saturated rings. The van der Waals surface area contributed by atoms with E-state index in [0.29, 0.717) is 23.9 Å². The second kappa shape index (κ2) is 51.2. The minimum absolute atomic E-state index is 0.0288. The summed E-state index contributed by atoms with van der Waals surface area (Å²) < 4.78 is 30.2. The van der Waals surface area contributed by atoms with Crippen LogP contribution in [0.1, 0.15) is 265 Å². The van der Waals surface area contributed by atoms with Gasteiger partial charge in [-0.3, -0.25) is 14.2 Å². The molecule has 9 nitrogen and oxygen atoms in total. The Morgan fingerprint density at radius 2 is 0.859 bits per heavy atom. The molecule has 0 aliphatic rings. The van der Waals surface area contributed by atoms with Gasteiger partial charge in [-0.05, 0) is 96.0 Å². The number of amides is 1. The van der Waals surface area contributed by atoms with E-state index in [9.17, 15) is 19.0 Å². The molecule has 10 heteroatoms. The van der Waals surface area contributed by atoms with Crippen molar-refractivity contribution in [1.29, 1.82) is 0 Å². The number of allylic oxidation sites excluding steroid dienone is 9. The number of phosphoric acid groups is 1. The molecular weight excluding hydrogens is 904 g/mol. The SMILES string of the molecule is CCCCC/C=C\C/C=C\C/C=C\CCCCCCC(=O)OC(/C=C/CCCCCCCCCCCC)C(COP(=O)([O-])OCC[N+](C)(C)C)NC(=O)CCCCCCC/C=C/CCCCCCCCC. The number of phosphoric ester groups is 1. The van der Waals surface area contributed by atoms with E-state index in [-0.39, 0.29) is 24.9 Å². The molecule has 1 amide bonds. The Bertz CT molecular complexity index is 1400. The van der Waals surface area contributed by atoms with Crippen LogP contribution in [0.5, 0.6) is 0 Å². The van der Waals surface area contributed by atoms with E-state index in [1.807, 2.05) is 33.3 Å². The average molecular weight is 1020 g/mol. The minimum Gasteiger partial charge on any atom is -0.756 e. The third-order valence-corrected chi connectivity index (χ3v) is 13.9. The number of hydrogen-bond donors (Lipinski definition) is 1. The fourth-order valence-corrected chi connectivity index (χ4v) is 9.01. The Morgan fingerprint density at radius 3 is 1.32 bits per heavy atom. The number of carbonyl (C=O) groups excluding carboxylic acids is 2. The smallest absolute Gasteiger partial charge is 0.306 e. The van der Waals surface area contributed by atoms with Crippen molar-refractivity contribution < 1.29 is 37.3 Å². The Morgan fingerprint density at radius 1 is 0.493 bits per heavy atom. The van der Waals surface area contributed by atoms with E-state index in [1.54, 1.807) is 0 Å². The third kappa shape index (κ3) is 52.4. The van der Waals surface area contributed by atoms with Gasteiger partial charge in [0, 0.05) is 12.8 Å². The van der Waals surface area contributed by atoms with Gasteiger partial charge in [0.05, 0.1) is 33.8 Å². The van der Waals surface area contributed by atoms with E-state index in [2.05, 4.69) is 74.7 Å². The lowest BCUT2D eigenvalue weighted by atomic mass is 10.0. The van der Waals surface area contributed by atoms with Crippen molar-refractivity contribution in [3.63, 3.8) is 0 Å². The number of likely N-dealkylation sites (N-methyl/N-ethyl adjacent to an activating group) is 1. The molecule has 0 saturated heterocycles. The summed E-state index contributed by atoms with van der Waals surface area (Å²) >= 11 is 0. The van der Waals surface area contributed by atoms with Gasteiger partial charge in [-0.2, -0.15) is 0 Å². The van der Waals surface area contributed by atoms with Crippen molar-refractivity contribution in [2.24, 2.45) is 0 Å². The minimum atomic E-state index is -4.70. The molecule has 0 heterocycles. The Labute approximate surface area is 439 Å². The van der Waals surface area contributed by atoms with Gasteiger partial charge in [0.2, 0.25) is 5.91 Å². The van der Waals surface area contributed by atoms with Crippen molar-refractivity contribution in [1.82, 2.24) is 5.32 Å². The molecule has 0 spiro atoms. The van der Waals surface area contributed by atoms with E-state index in [0.717, 1.165) is 96.3 Å². The highest BCUT2D eigenvalue weighted by Gasteiger charge is 2.27. The van der Waals surface area contributed by atoms with Crippen LogP contribution in [0.25, 0.3) is 0 Å². The van der Waals surface area contributed by atoms with E-state index in [4.69, 9.17) is 13.8 Å². The average Bonchev–Trinajstić information content (AvgIpc) is 3.33. The maximum absolute atomic E-state index is 13.5. The van der Waals surface area contributed by atoms with Gasteiger partial charge in [0.1, 0.15) is 19.3 Å². The molecule has 0 aromatic heterocycles. The number of hydrogen-bond acceptors (Lipinski definition) is 7. The first-order valence-corrected chi connectivity index (χ1v) is 31.1. The first-order valence-electron chi connectivity index (χ1n) is 29.6. The summed E-state index contributed by atoms with van der Waals surface area (Å²) in [5.41, 5.74) is 0. The van der Waals surface area contributed by atoms with Crippen LogP contribution in [-0.4, -0.2) is 69.4 Å². The molecule has 0 aromatic rings. The van der Waals surface area contributed by atoms with Gasteiger partial charge in [-0.1, -0.05) is 217 Å². The zero-order valence-electron chi connectivity index (χ0n) is 47.2. The molecule has 3 atom stereocenters. The van der Waals surface area contributed by atoms with Gasteiger partial charge in [-0.25, -0.2) is 0 Å². The van der Waals surface area contributed by atoms with Crippen LogP contribution >= 0.6 is 7.82 Å². The highest BCUT2D eigenvalue weighted by molar-refractivity contribution is 7.45. The summed E-state index contributed by atoms with van der Waals surface area (Å²) in [5, 5.41) is 3.01. The molecule has 0 radical (unpaired) electrons. The highest BCUT2D eigenvalue weighted by Crippen LogP contribution is 2.38. The number of rotatable bonds is 53. The molecule has 0 aromatic carbocycles. The lowest BCUT2D eigenvalue weighted by Gasteiger charge is -2.30. The van der Waals surface area contributed by atoms with Crippen molar-refractivity contribution in [3.8, 4) is 0 Å². The number of unbranched alkanes of at least 4 members (excludes halogenated alkanes) is 29. The lowest BCUT2D eigenvalue weighted by molar-refractivity contribution is -0.870. The summed E-state index contributed by atoms with van der Waals surface area (Å²) in [6.45, 7) is 6.79. The summed E-state index contributed by atoms with van der Waals surface area (Å²) in [5.74, 6) is -0.574. The van der Waals surface area contributed by atoms with Gasteiger partial charge < -0.3 is 28.5 Å². The summed E-state index contributed by atoms with van der Waals surface area (Å²) in [4.78, 5) is 39.9. The lowest BCUT2D eigenvalue weighted by Crippen LogP contribution is -2.47. The third-order valence-electron chi connectivity index (χ3n) is 12.9. The number of esters is 1. The Balaban J connectivity index is 5.38. The monoisotopic (exact) mass is 1020 g/mol. The van der Waals surface area contributed by atoms with Crippen LogP contribution in [0.3, 0.4) is 0 Å². The number of nitrogens with one attached hydrogen (secondary N) is 1. The predicted octanol–water partition coefficient (Wildman–Crippen LogP) is 17.3. The van der Waals surface area contributed by atoms with Crippen LogP contribution in [0.4, 0.5) is 0 Å². The van der Waals surface area contributed by atoms with E-state index < -0.39 is 26.6 Å². The molecule has 0 aliphatic heterocycles. The van der Waals surface area contributed by atoms with Gasteiger partial charge >= 0.3 is 5.97 Å². The molecule has 0 saturated carbocycles. The molecule has 71 heavy (non-hydrogen) atoms. The van der Waals surface area contributed by atoms with Crippen molar-refractivity contribution in [2.45, 2.75) is 277 Å². The normalized spacial score (nSPS) is 14.2. The number of ether oxygens (including phenoxy) is 1. The van der Waals surface area contributed by atoms with Gasteiger partial charge in [0.15, 0.2) is 0 Å². The molecule has 1 N–H and O–H groups in total. The molecule has 414 valence electrons. The summed E-state index contributed by atoms with van der Waals surface area (Å²) in [6, 6.07) is -0.902. The quantitative estimate of drug-likeness (QED) is 0.0212. The van der Waals surface area contributed by atoms with Gasteiger partial charge in [0.25, 0.3) is 7.82 Å². The first-order chi connectivity index (χ1) is 34.4. The largest absolute Gasteiger partial charge is 0.756 e. The fourth-order valence-electron chi connectivity index (χ4n) is 8.29. The molecule has 0 rings (SSSR count). The number of carbonyl (C=O) groups is 2. The summed E-state index contributed by atoms with van der Waals surface area (Å²) in [6.07, 6.45) is 63.2. The molecule has 0 bridgehead atoms. The highest BCUT2D eigenvalue weighted by atomic mass is 31.2. The topological polar surface area (TPSA) is 114 Å². The van der Waals surface area contributed by atoms with Crippen LogP contribution in [0.15, 0.2) is 60.8 Å². The van der Waals surface area contributed by atoms with Crippen molar-refractivity contribution >= 4 is 19.7 Å². The summed E-state index contributed by atoms with van der Waals surface area (Å²) in [7, 11) is 1.16. The van der Waals surface area contributed by atoms with Crippen LogP contribution in [0.2, 0.25) is 0 Å². The number of nitrogens with zero attached hydrogens (tertiary/aromatic N) is 1. The predicted molar refractivity (Wildman–Crippen MR) is 302 cm³/mol. The first kappa shape index (κ1) is 68.7. The van der Waals surface area contributed by atoms with Crippen LogP contribution < -0.4 is 10.2 Å². The zero-order valence-corrected chi connectivity index (χ0v) is 48.1. The standard InChI is InChI=1S/C61H113N2O7P/c1-7-10-13-16-19-22-25-28-30-32-34-36-39-42-45-48-51-54-61(65)70-59(52-49-46-43-40-37-27-24-21-18-15-12-9-3)58(57-69-71(66,67)68-56-55-63(4,5)6)62-60(64)53-50-47-44-41-38-35-33-31-29-26-23-20-17-14-11-8-2/h19,22,28,30-31,33-34,36,49,52,58-59H,7-18,20-21,23-27,29,32,35,37-48,50-51,53-57H2,1-6H3,(H-,62,64,66,67)/b22-19-,30-28-,33-31+,36-34-,52-49+. The Hall–Kier alpha value is -2.29. The van der Waals surface area contributed by atoms with E-state index >= 15 is 0 Å². The second-order valence-corrected chi connectivity index (χ2v) is 22.6. The fraction of sp³-hybridized carbons (Fsp3) is 0.803. The molecule has 3 unspecified atom stereocenters.